The van der Waals surface area contributed by atoms with Crippen LogP contribution in [0.15, 0.2) is 30.3 Å². The highest BCUT2D eigenvalue weighted by Gasteiger charge is 2.22. The maximum atomic E-state index is 12.7. The van der Waals surface area contributed by atoms with Gasteiger partial charge in [0.15, 0.2) is 0 Å². The maximum absolute atomic E-state index is 12.7. The number of hydrogen-bond acceptors (Lipinski definition) is 5. The molecule has 2 heterocycles. The Morgan fingerprint density at radius 3 is 2.54 bits per heavy atom. The number of rotatable bonds is 5. The van der Waals surface area contributed by atoms with Crippen LogP contribution in [0.1, 0.15) is 21.7 Å². The van der Waals surface area contributed by atoms with Crippen molar-refractivity contribution in [2.75, 3.05) is 45.1 Å². The number of halogens is 1. The molecule has 3 rings (SSSR count). The molecule has 138 valence electrons. The summed E-state index contributed by atoms with van der Waals surface area (Å²) in [5, 5.41) is 3.95. The van der Waals surface area contributed by atoms with Gasteiger partial charge in [0, 0.05) is 43.4 Å². The van der Waals surface area contributed by atoms with Crippen LogP contribution in [0, 0.1) is 6.92 Å². The van der Waals surface area contributed by atoms with Crippen LogP contribution < -0.4 is 5.32 Å². The molecular weight excluding hydrogens is 350 g/mol. The van der Waals surface area contributed by atoms with Gasteiger partial charge in [-0.2, -0.15) is 0 Å². The van der Waals surface area contributed by atoms with E-state index in [1.807, 2.05) is 36.1 Å². The zero-order valence-corrected chi connectivity index (χ0v) is 16.0. The van der Waals surface area contributed by atoms with Crippen molar-refractivity contribution in [3.05, 3.63) is 52.3 Å². The first-order chi connectivity index (χ1) is 12.5. The zero-order chi connectivity index (χ0) is 18.5. The van der Waals surface area contributed by atoms with E-state index in [2.05, 4.69) is 27.2 Å². The van der Waals surface area contributed by atoms with E-state index in [1.54, 1.807) is 6.07 Å². The topological polar surface area (TPSA) is 61.4 Å². The fraction of sp³-hybridized carbons (Fsp3) is 0.421. The zero-order valence-electron chi connectivity index (χ0n) is 15.2. The number of carbonyl (C=O) groups excluding carboxylic acids is 1. The lowest BCUT2D eigenvalue weighted by Gasteiger charge is -2.32. The third-order valence-corrected chi connectivity index (χ3v) is 4.73. The SMILES string of the molecule is Cc1cc(C(=O)N2CCN(C)CC2)nc(NCCc2ccc(Cl)cc2)n1. The summed E-state index contributed by atoms with van der Waals surface area (Å²) in [7, 11) is 2.07. The third-order valence-electron chi connectivity index (χ3n) is 4.47. The average molecular weight is 374 g/mol. The van der Waals surface area contributed by atoms with Gasteiger partial charge >= 0.3 is 0 Å². The molecule has 0 bridgehead atoms. The predicted octanol–water partition coefficient (Wildman–Crippen LogP) is 2.48. The van der Waals surface area contributed by atoms with Crippen molar-refractivity contribution in [3.63, 3.8) is 0 Å². The summed E-state index contributed by atoms with van der Waals surface area (Å²) in [5.74, 6) is 0.473. The summed E-state index contributed by atoms with van der Waals surface area (Å²) in [6.45, 7) is 5.82. The van der Waals surface area contributed by atoms with E-state index < -0.39 is 0 Å². The number of benzene rings is 1. The van der Waals surface area contributed by atoms with Crippen LogP contribution in [0.4, 0.5) is 5.95 Å². The van der Waals surface area contributed by atoms with Gasteiger partial charge in [0.05, 0.1) is 0 Å². The summed E-state index contributed by atoms with van der Waals surface area (Å²) in [5.41, 5.74) is 2.42. The molecule has 0 spiro atoms. The van der Waals surface area contributed by atoms with Crippen LogP contribution >= 0.6 is 11.6 Å². The Hall–Kier alpha value is -2.18. The Labute approximate surface area is 159 Å². The average Bonchev–Trinajstić information content (AvgIpc) is 2.63. The predicted molar refractivity (Wildman–Crippen MR) is 104 cm³/mol. The van der Waals surface area contributed by atoms with E-state index >= 15 is 0 Å². The highest BCUT2D eigenvalue weighted by Crippen LogP contribution is 2.12. The Morgan fingerprint density at radius 2 is 1.85 bits per heavy atom. The Morgan fingerprint density at radius 1 is 1.15 bits per heavy atom. The minimum absolute atomic E-state index is 0.0237. The normalized spacial score (nSPS) is 15.1. The quantitative estimate of drug-likeness (QED) is 0.872. The molecule has 7 heteroatoms. The van der Waals surface area contributed by atoms with E-state index in [0.717, 1.165) is 43.3 Å². The number of piperazine rings is 1. The molecule has 1 aliphatic heterocycles. The molecule has 1 fully saturated rings. The molecule has 1 aromatic carbocycles. The molecule has 2 aromatic rings. The van der Waals surface area contributed by atoms with Gasteiger partial charge in [-0.1, -0.05) is 23.7 Å². The first-order valence-electron chi connectivity index (χ1n) is 8.83. The fourth-order valence-electron chi connectivity index (χ4n) is 2.90. The lowest BCUT2D eigenvalue weighted by atomic mass is 10.1. The standard InChI is InChI=1S/C19H24ClN5O/c1-14-13-17(18(26)25-11-9-24(2)10-12-25)23-19(22-14)21-8-7-15-3-5-16(20)6-4-15/h3-6,13H,7-12H2,1-2H3,(H,21,22,23). The number of aryl methyl sites for hydroxylation is 1. The molecule has 1 saturated heterocycles. The fourth-order valence-corrected chi connectivity index (χ4v) is 3.02. The molecule has 0 radical (unpaired) electrons. The van der Waals surface area contributed by atoms with Gasteiger partial charge in [-0.3, -0.25) is 4.79 Å². The number of nitrogens with zero attached hydrogens (tertiary/aromatic N) is 4. The van der Waals surface area contributed by atoms with Crippen molar-refractivity contribution < 1.29 is 4.79 Å². The van der Waals surface area contributed by atoms with Crippen molar-refractivity contribution in [2.45, 2.75) is 13.3 Å². The lowest BCUT2D eigenvalue weighted by Crippen LogP contribution is -2.47. The molecule has 0 aliphatic carbocycles. The first-order valence-corrected chi connectivity index (χ1v) is 9.21. The minimum atomic E-state index is -0.0237. The van der Waals surface area contributed by atoms with Crippen LogP contribution in [0.2, 0.25) is 5.02 Å². The molecule has 1 N–H and O–H groups in total. The molecule has 26 heavy (non-hydrogen) atoms. The number of nitrogens with one attached hydrogen (secondary N) is 1. The number of aromatic nitrogens is 2. The van der Waals surface area contributed by atoms with E-state index in [1.165, 1.54) is 5.56 Å². The van der Waals surface area contributed by atoms with E-state index in [4.69, 9.17) is 11.6 Å². The second-order valence-corrected chi connectivity index (χ2v) is 7.05. The number of anilines is 1. The highest BCUT2D eigenvalue weighted by molar-refractivity contribution is 6.30. The smallest absolute Gasteiger partial charge is 0.272 e. The van der Waals surface area contributed by atoms with Gasteiger partial charge in [-0.25, -0.2) is 9.97 Å². The van der Waals surface area contributed by atoms with Crippen LogP contribution in [-0.2, 0) is 6.42 Å². The van der Waals surface area contributed by atoms with E-state index in [0.29, 0.717) is 18.2 Å². The van der Waals surface area contributed by atoms with Gasteiger partial charge in [0.2, 0.25) is 5.95 Å². The molecule has 1 amide bonds. The largest absolute Gasteiger partial charge is 0.354 e. The number of likely N-dealkylation sites (N-methyl/N-ethyl adjacent to an activating group) is 1. The van der Waals surface area contributed by atoms with Crippen molar-refractivity contribution in [1.82, 2.24) is 19.8 Å². The van der Waals surface area contributed by atoms with E-state index in [-0.39, 0.29) is 5.91 Å². The second kappa shape index (κ2) is 8.47. The monoisotopic (exact) mass is 373 g/mol. The Bertz CT molecular complexity index is 757. The third kappa shape index (κ3) is 4.93. The number of amides is 1. The van der Waals surface area contributed by atoms with Crippen molar-refractivity contribution in [2.24, 2.45) is 0 Å². The van der Waals surface area contributed by atoms with Crippen molar-refractivity contribution in [1.29, 1.82) is 0 Å². The van der Waals surface area contributed by atoms with E-state index in [9.17, 15) is 4.79 Å². The molecule has 1 aromatic heterocycles. The van der Waals surface area contributed by atoms with Crippen LogP contribution in [0.5, 0.6) is 0 Å². The summed E-state index contributed by atoms with van der Waals surface area (Å²) in [4.78, 5) is 25.6. The molecule has 0 atom stereocenters. The maximum Gasteiger partial charge on any atom is 0.272 e. The minimum Gasteiger partial charge on any atom is -0.354 e. The Kier molecular flexibility index (Phi) is 6.06. The second-order valence-electron chi connectivity index (χ2n) is 6.62. The van der Waals surface area contributed by atoms with Crippen molar-refractivity contribution in [3.8, 4) is 0 Å². The molecule has 1 aliphatic rings. The van der Waals surface area contributed by atoms with Crippen LogP contribution in [-0.4, -0.2) is 65.4 Å². The van der Waals surface area contributed by atoms with Crippen LogP contribution in [0.25, 0.3) is 0 Å². The van der Waals surface area contributed by atoms with Gasteiger partial charge < -0.3 is 15.1 Å². The number of hydrogen-bond donors (Lipinski definition) is 1. The van der Waals surface area contributed by atoms with Gasteiger partial charge in [-0.05, 0) is 44.2 Å². The lowest BCUT2D eigenvalue weighted by molar-refractivity contribution is 0.0658. The van der Waals surface area contributed by atoms with Crippen molar-refractivity contribution >= 4 is 23.5 Å². The van der Waals surface area contributed by atoms with Gasteiger partial charge in [0.1, 0.15) is 5.69 Å². The van der Waals surface area contributed by atoms with Gasteiger partial charge in [0.25, 0.3) is 5.91 Å². The summed E-state index contributed by atoms with van der Waals surface area (Å²) >= 11 is 5.90. The van der Waals surface area contributed by atoms with Crippen LogP contribution in [0.3, 0.4) is 0 Å². The molecule has 0 saturated carbocycles. The molecule has 0 unspecified atom stereocenters. The summed E-state index contributed by atoms with van der Waals surface area (Å²) in [6, 6.07) is 9.53. The van der Waals surface area contributed by atoms with Gasteiger partial charge in [-0.15, -0.1) is 0 Å². The summed E-state index contributed by atoms with van der Waals surface area (Å²) < 4.78 is 0. The summed E-state index contributed by atoms with van der Waals surface area (Å²) in [6.07, 6.45) is 0.830. The Balaban J connectivity index is 1.61. The first kappa shape index (κ1) is 18.6. The number of carbonyl (C=O) groups is 1. The molecular formula is C19H24ClN5O. The highest BCUT2D eigenvalue weighted by atomic mass is 35.5. The molecule has 6 nitrogen and oxygen atoms in total.